The molecule has 1 unspecified atom stereocenters. The Hall–Kier alpha value is -1.25. The topological polar surface area (TPSA) is 85.4 Å². The van der Waals surface area contributed by atoms with Gasteiger partial charge in [0, 0.05) is 18.1 Å². The van der Waals surface area contributed by atoms with E-state index in [2.05, 4.69) is 4.98 Å². The summed E-state index contributed by atoms with van der Waals surface area (Å²) in [5.41, 5.74) is 0.640. The van der Waals surface area contributed by atoms with Gasteiger partial charge < -0.3 is 4.74 Å². The zero-order chi connectivity index (χ0) is 15.3. The van der Waals surface area contributed by atoms with Gasteiger partial charge in [0.2, 0.25) is 10.0 Å². The Bertz CT molecular complexity index is 616. The van der Waals surface area contributed by atoms with Crippen molar-refractivity contribution in [1.29, 1.82) is 0 Å². The van der Waals surface area contributed by atoms with Crippen LogP contribution in [0.4, 0.5) is 0 Å². The first-order valence-corrected chi connectivity index (χ1v) is 9.24. The van der Waals surface area contributed by atoms with Crippen LogP contribution in [0.5, 0.6) is 0 Å². The van der Waals surface area contributed by atoms with Gasteiger partial charge in [-0.05, 0) is 32.3 Å². The smallest absolute Gasteiger partial charge is 0.257 e. The highest BCUT2D eigenvalue weighted by Gasteiger charge is 2.22. The molecule has 1 saturated heterocycles. The summed E-state index contributed by atoms with van der Waals surface area (Å²) in [7, 11) is -3.67. The summed E-state index contributed by atoms with van der Waals surface area (Å²) in [6.07, 6.45) is 4.97. The van der Waals surface area contributed by atoms with Crippen LogP contribution in [0, 0.1) is 6.92 Å². The molecule has 1 fully saturated rings. The van der Waals surface area contributed by atoms with Crippen molar-refractivity contribution in [2.45, 2.75) is 32.3 Å². The highest BCUT2D eigenvalue weighted by Crippen LogP contribution is 2.14. The third-order valence-electron chi connectivity index (χ3n) is 2.98. The van der Waals surface area contributed by atoms with Gasteiger partial charge in [-0.2, -0.15) is 0 Å². The van der Waals surface area contributed by atoms with E-state index in [-0.39, 0.29) is 11.9 Å². The van der Waals surface area contributed by atoms with Crippen molar-refractivity contribution in [3.05, 3.63) is 22.2 Å². The summed E-state index contributed by atoms with van der Waals surface area (Å²) >= 11 is 1.46. The standard InChI is InChI=1S/C13H18N2O4S2/c1-10-14-11(8-20-10)5-6-13(16)15-21(17,18)9-12-4-2-3-7-19-12/h5-6,8,12H,2-4,7,9H2,1H3,(H,15,16). The van der Waals surface area contributed by atoms with Crippen LogP contribution < -0.4 is 4.72 Å². The Morgan fingerprint density at radius 3 is 3.00 bits per heavy atom. The third-order valence-corrected chi connectivity index (χ3v) is 5.09. The Morgan fingerprint density at radius 2 is 2.38 bits per heavy atom. The normalized spacial score (nSPS) is 19.8. The summed E-state index contributed by atoms with van der Waals surface area (Å²) in [5, 5.41) is 2.68. The molecule has 0 aliphatic carbocycles. The van der Waals surface area contributed by atoms with Gasteiger partial charge in [0.15, 0.2) is 0 Å². The number of sulfonamides is 1. The molecule has 0 bridgehead atoms. The molecule has 0 radical (unpaired) electrons. The number of nitrogens with zero attached hydrogens (tertiary/aromatic N) is 1. The molecule has 1 aliphatic heterocycles. The average Bonchev–Trinajstić information content (AvgIpc) is 2.82. The van der Waals surface area contributed by atoms with Gasteiger partial charge in [0.25, 0.3) is 5.91 Å². The van der Waals surface area contributed by atoms with Crippen LogP contribution in [0.25, 0.3) is 6.08 Å². The van der Waals surface area contributed by atoms with Gasteiger partial charge in [0.1, 0.15) is 0 Å². The molecule has 0 aromatic carbocycles. The van der Waals surface area contributed by atoms with E-state index in [9.17, 15) is 13.2 Å². The lowest BCUT2D eigenvalue weighted by Gasteiger charge is -2.22. The van der Waals surface area contributed by atoms with Gasteiger partial charge >= 0.3 is 0 Å². The monoisotopic (exact) mass is 330 g/mol. The Morgan fingerprint density at radius 1 is 1.57 bits per heavy atom. The van der Waals surface area contributed by atoms with Crippen molar-refractivity contribution in [2.75, 3.05) is 12.4 Å². The fourth-order valence-corrected chi connectivity index (χ4v) is 3.82. The number of aromatic nitrogens is 1. The molecule has 0 saturated carbocycles. The fourth-order valence-electron chi connectivity index (χ4n) is 2.03. The largest absolute Gasteiger partial charge is 0.377 e. The lowest BCUT2D eigenvalue weighted by atomic mass is 10.1. The van der Waals surface area contributed by atoms with Gasteiger partial charge in [-0.3, -0.25) is 4.79 Å². The number of rotatable bonds is 5. The molecule has 1 aliphatic rings. The molecule has 21 heavy (non-hydrogen) atoms. The number of nitrogens with one attached hydrogen (secondary N) is 1. The van der Waals surface area contributed by atoms with Crippen LogP contribution in [0.2, 0.25) is 0 Å². The minimum Gasteiger partial charge on any atom is -0.377 e. The second-order valence-corrected chi connectivity index (χ2v) is 7.69. The summed E-state index contributed by atoms with van der Waals surface area (Å²) in [4.78, 5) is 15.8. The Labute approximate surface area is 128 Å². The first kappa shape index (κ1) is 16.1. The molecule has 1 N–H and O–H groups in total. The van der Waals surface area contributed by atoms with Gasteiger partial charge in [-0.1, -0.05) is 0 Å². The number of ether oxygens (including phenoxy) is 1. The van der Waals surface area contributed by atoms with Crippen molar-refractivity contribution in [1.82, 2.24) is 9.71 Å². The molecule has 1 atom stereocenters. The van der Waals surface area contributed by atoms with Gasteiger partial charge in [0.05, 0.1) is 22.6 Å². The van der Waals surface area contributed by atoms with Crippen LogP contribution in [0.1, 0.15) is 30.0 Å². The maximum absolute atomic E-state index is 11.9. The molecular formula is C13H18N2O4S2. The first-order valence-electron chi connectivity index (χ1n) is 6.71. The summed E-state index contributed by atoms with van der Waals surface area (Å²) in [6.45, 7) is 2.44. The molecular weight excluding hydrogens is 312 g/mol. The number of aryl methyl sites for hydroxylation is 1. The number of thiazole rings is 1. The van der Waals surface area contributed by atoms with Crippen LogP contribution in [-0.4, -0.2) is 37.8 Å². The summed E-state index contributed by atoms with van der Waals surface area (Å²) in [6, 6.07) is 0. The van der Waals surface area contributed by atoms with Crippen LogP contribution in [-0.2, 0) is 19.6 Å². The molecule has 0 spiro atoms. The summed E-state index contributed by atoms with van der Waals surface area (Å²) in [5.74, 6) is -0.848. The average molecular weight is 330 g/mol. The maximum atomic E-state index is 11.9. The van der Waals surface area contributed by atoms with Crippen LogP contribution in [0.3, 0.4) is 0 Å². The molecule has 1 aromatic heterocycles. The second-order valence-electron chi connectivity index (χ2n) is 4.86. The van der Waals surface area contributed by atoms with E-state index in [1.807, 2.05) is 11.6 Å². The number of hydrogen-bond acceptors (Lipinski definition) is 6. The predicted octanol–water partition coefficient (Wildman–Crippen LogP) is 1.48. The minimum atomic E-state index is -3.67. The molecule has 8 heteroatoms. The third kappa shape index (κ3) is 5.56. The zero-order valence-corrected chi connectivity index (χ0v) is 13.4. The highest BCUT2D eigenvalue weighted by atomic mass is 32.2. The van der Waals surface area contributed by atoms with Crippen molar-refractivity contribution in [3.63, 3.8) is 0 Å². The second kappa shape index (κ2) is 7.15. The number of carbonyl (C=O) groups excluding carboxylic acids is 1. The maximum Gasteiger partial charge on any atom is 0.257 e. The van der Waals surface area contributed by atoms with Crippen molar-refractivity contribution < 1.29 is 17.9 Å². The van der Waals surface area contributed by atoms with Crippen molar-refractivity contribution >= 4 is 33.3 Å². The van der Waals surface area contributed by atoms with E-state index >= 15 is 0 Å². The quantitative estimate of drug-likeness (QED) is 0.827. The van der Waals surface area contributed by atoms with E-state index in [4.69, 9.17) is 4.74 Å². The van der Waals surface area contributed by atoms with Gasteiger partial charge in [-0.25, -0.2) is 18.1 Å². The van der Waals surface area contributed by atoms with E-state index in [0.717, 1.165) is 17.8 Å². The van der Waals surface area contributed by atoms with Crippen molar-refractivity contribution in [2.24, 2.45) is 0 Å². The van der Waals surface area contributed by atoms with Crippen LogP contribution in [0.15, 0.2) is 11.5 Å². The van der Waals surface area contributed by atoms with E-state index in [1.54, 1.807) is 5.38 Å². The molecule has 116 valence electrons. The zero-order valence-electron chi connectivity index (χ0n) is 11.7. The lowest BCUT2D eigenvalue weighted by Crippen LogP contribution is -2.37. The van der Waals surface area contributed by atoms with E-state index in [0.29, 0.717) is 18.7 Å². The van der Waals surface area contributed by atoms with E-state index < -0.39 is 15.9 Å². The van der Waals surface area contributed by atoms with E-state index in [1.165, 1.54) is 23.5 Å². The molecule has 6 nitrogen and oxygen atoms in total. The fraction of sp³-hybridized carbons (Fsp3) is 0.538. The predicted molar refractivity (Wildman–Crippen MR) is 81.4 cm³/mol. The lowest BCUT2D eigenvalue weighted by molar-refractivity contribution is -0.114. The van der Waals surface area contributed by atoms with Gasteiger partial charge in [-0.15, -0.1) is 11.3 Å². The highest BCUT2D eigenvalue weighted by molar-refractivity contribution is 7.90. The van der Waals surface area contributed by atoms with Crippen molar-refractivity contribution in [3.8, 4) is 0 Å². The Balaban J connectivity index is 1.87. The SMILES string of the molecule is Cc1nc(C=CC(=O)NS(=O)(=O)CC2CCCCO2)cs1. The number of hydrogen-bond donors (Lipinski definition) is 1. The molecule has 2 heterocycles. The first-order chi connectivity index (χ1) is 9.94. The minimum absolute atomic E-state index is 0.178. The summed E-state index contributed by atoms with van der Waals surface area (Å²) < 4.78 is 31.1. The van der Waals surface area contributed by atoms with Crippen LogP contribution >= 0.6 is 11.3 Å². The molecule has 1 amide bonds. The number of amides is 1. The number of carbonyl (C=O) groups is 1. The molecule has 2 rings (SSSR count). The molecule has 1 aromatic rings. The Kier molecular flexibility index (Phi) is 5.49.